The summed E-state index contributed by atoms with van der Waals surface area (Å²) in [6.07, 6.45) is 5.61. The van der Waals surface area contributed by atoms with Gasteiger partial charge in [-0.15, -0.1) is 0 Å². The fourth-order valence-electron chi connectivity index (χ4n) is 2.53. The lowest BCUT2D eigenvalue weighted by Gasteiger charge is -2.24. The molecule has 0 bridgehead atoms. The predicted molar refractivity (Wildman–Crippen MR) is 72.8 cm³/mol. The van der Waals surface area contributed by atoms with Gasteiger partial charge >= 0.3 is 0 Å². The van der Waals surface area contributed by atoms with Crippen molar-refractivity contribution in [3.63, 3.8) is 0 Å². The zero-order valence-electron chi connectivity index (χ0n) is 11.2. The van der Waals surface area contributed by atoms with Crippen molar-refractivity contribution in [3.05, 3.63) is 22.7 Å². The molecule has 1 unspecified atom stereocenters. The standard InChI is InChI=1S/C13H22N4O/c1-10(2)9-16-7-5-15-12(13(16)18)17-6-3-4-11(17)8-14/h5,7,10-11H,3-4,6,8-9,14H2,1-2H3. The van der Waals surface area contributed by atoms with Crippen molar-refractivity contribution in [2.24, 2.45) is 11.7 Å². The minimum Gasteiger partial charge on any atom is -0.348 e. The maximum atomic E-state index is 12.4. The van der Waals surface area contributed by atoms with Crippen LogP contribution in [0.25, 0.3) is 0 Å². The lowest BCUT2D eigenvalue weighted by molar-refractivity contribution is 0.507. The largest absolute Gasteiger partial charge is 0.348 e. The molecular weight excluding hydrogens is 228 g/mol. The third-order valence-electron chi connectivity index (χ3n) is 3.38. The van der Waals surface area contributed by atoms with Crippen LogP contribution in [0.15, 0.2) is 17.2 Å². The Kier molecular flexibility index (Phi) is 4.01. The highest BCUT2D eigenvalue weighted by molar-refractivity contribution is 5.38. The van der Waals surface area contributed by atoms with Crippen LogP contribution in [0, 0.1) is 5.92 Å². The minimum absolute atomic E-state index is 0.00606. The topological polar surface area (TPSA) is 64.2 Å². The SMILES string of the molecule is CC(C)Cn1ccnc(N2CCCC2CN)c1=O. The second-order valence-electron chi connectivity index (χ2n) is 5.33. The summed E-state index contributed by atoms with van der Waals surface area (Å²) in [6.45, 7) is 6.40. The molecule has 1 saturated heterocycles. The summed E-state index contributed by atoms with van der Waals surface area (Å²) < 4.78 is 1.75. The third-order valence-corrected chi connectivity index (χ3v) is 3.38. The van der Waals surface area contributed by atoms with E-state index in [1.54, 1.807) is 17.0 Å². The molecule has 1 aromatic rings. The van der Waals surface area contributed by atoms with E-state index in [4.69, 9.17) is 5.73 Å². The fraction of sp³-hybridized carbons (Fsp3) is 0.692. The van der Waals surface area contributed by atoms with Gasteiger partial charge in [-0.1, -0.05) is 13.8 Å². The van der Waals surface area contributed by atoms with Gasteiger partial charge in [0.05, 0.1) is 0 Å². The molecule has 1 atom stereocenters. The van der Waals surface area contributed by atoms with Gasteiger partial charge < -0.3 is 15.2 Å². The molecule has 2 N–H and O–H groups in total. The van der Waals surface area contributed by atoms with Crippen LogP contribution in [0.2, 0.25) is 0 Å². The van der Waals surface area contributed by atoms with Gasteiger partial charge in [-0.05, 0) is 18.8 Å². The molecule has 1 fully saturated rings. The van der Waals surface area contributed by atoms with E-state index in [9.17, 15) is 4.79 Å². The first-order valence-corrected chi connectivity index (χ1v) is 6.65. The average molecular weight is 250 g/mol. The van der Waals surface area contributed by atoms with Gasteiger partial charge in [-0.2, -0.15) is 0 Å². The Bertz CT molecular complexity index is 455. The van der Waals surface area contributed by atoms with E-state index in [0.717, 1.165) is 25.9 Å². The van der Waals surface area contributed by atoms with E-state index in [0.29, 0.717) is 18.3 Å². The summed E-state index contributed by atoms with van der Waals surface area (Å²) in [6, 6.07) is 0.264. The summed E-state index contributed by atoms with van der Waals surface area (Å²) in [4.78, 5) is 18.7. The summed E-state index contributed by atoms with van der Waals surface area (Å²) in [7, 11) is 0. The Morgan fingerprint density at radius 1 is 1.56 bits per heavy atom. The highest BCUT2D eigenvalue weighted by Crippen LogP contribution is 2.20. The van der Waals surface area contributed by atoms with Crippen molar-refractivity contribution in [3.8, 4) is 0 Å². The molecule has 0 saturated carbocycles. The van der Waals surface area contributed by atoms with E-state index < -0.39 is 0 Å². The van der Waals surface area contributed by atoms with E-state index in [1.807, 2.05) is 0 Å². The Morgan fingerprint density at radius 2 is 2.33 bits per heavy atom. The molecule has 18 heavy (non-hydrogen) atoms. The number of nitrogens with zero attached hydrogens (tertiary/aromatic N) is 3. The molecule has 2 heterocycles. The molecular formula is C13H22N4O. The highest BCUT2D eigenvalue weighted by atomic mass is 16.1. The first-order valence-electron chi connectivity index (χ1n) is 6.65. The fourth-order valence-corrected chi connectivity index (χ4v) is 2.53. The van der Waals surface area contributed by atoms with Gasteiger partial charge in [-0.3, -0.25) is 4.79 Å². The maximum absolute atomic E-state index is 12.4. The highest BCUT2D eigenvalue weighted by Gasteiger charge is 2.26. The number of aromatic nitrogens is 2. The summed E-state index contributed by atoms with van der Waals surface area (Å²) >= 11 is 0. The van der Waals surface area contributed by atoms with Crippen LogP contribution >= 0.6 is 0 Å². The average Bonchev–Trinajstić information content (AvgIpc) is 2.79. The molecule has 1 aliphatic heterocycles. The van der Waals surface area contributed by atoms with Gasteiger partial charge in [0.2, 0.25) is 0 Å². The smallest absolute Gasteiger partial charge is 0.293 e. The van der Waals surface area contributed by atoms with Crippen LogP contribution in [0.5, 0.6) is 0 Å². The first kappa shape index (κ1) is 13.1. The molecule has 100 valence electrons. The summed E-state index contributed by atoms with van der Waals surface area (Å²) in [5.74, 6) is 1.01. The van der Waals surface area contributed by atoms with Crippen molar-refractivity contribution in [2.45, 2.75) is 39.3 Å². The first-order chi connectivity index (χ1) is 8.63. The van der Waals surface area contributed by atoms with E-state index in [-0.39, 0.29) is 11.6 Å². The monoisotopic (exact) mass is 250 g/mol. The van der Waals surface area contributed by atoms with Crippen molar-refractivity contribution in [1.82, 2.24) is 9.55 Å². The van der Waals surface area contributed by atoms with Gasteiger partial charge in [0.25, 0.3) is 5.56 Å². The molecule has 0 radical (unpaired) electrons. The second-order valence-corrected chi connectivity index (χ2v) is 5.33. The zero-order chi connectivity index (χ0) is 13.1. The zero-order valence-corrected chi connectivity index (χ0v) is 11.2. The van der Waals surface area contributed by atoms with Crippen LogP contribution < -0.4 is 16.2 Å². The number of nitrogens with two attached hydrogens (primary N) is 1. The van der Waals surface area contributed by atoms with Crippen molar-refractivity contribution in [1.29, 1.82) is 0 Å². The van der Waals surface area contributed by atoms with Gasteiger partial charge in [0.1, 0.15) is 0 Å². The molecule has 0 aliphatic carbocycles. The summed E-state index contributed by atoms with van der Waals surface area (Å²) in [5, 5.41) is 0. The number of hydrogen-bond acceptors (Lipinski definition) is 4. The molecule has 0 aromatic carbocycles. The van der Waals surface area contributed by atoms with E-state index in [2.05, 4.69) is 23.7 Å². The Balaban J connectivity index is 2.31. The van der Waals surface area contributed by atoms with Crippen LogP contribution in [-0.2, 0) is 6.54 Å². The molecule has 0 spiro atoms. The van der Waals surface area contributed by atoms with Crippen LogP contribution in [0.1, 0.15) is 26.7 Å². The molecule has 5 heteroatoms. The van der Waals surface area contributed by atoms with Crippen LogP contribution in [0.3, 0.4) is 0 Å². The molecule has 1 aromatic heterocycles. The van der Waals surface area contributed by atoms with Gasteiger partial charge in [0.15, 0.2) is 5.82 Å². The number of rotatable bonds is 4. The van der Waals surface area contributed by atoms with Gasteiger partial charge in [0, 0.05) is 38.1 Å². The lowest BCUT2D eigenvalue weighted by Crippen LogP contribution is -2.40. The van der Waals surface area contributed by atoms with Crippen LogP contribution in [0.4, 0.5) is 5.82 Å². The van der Waals surface area contributed by atoms with Crippen molar-refractivity contribution >= 4 is 5.82 Å². The van der Waals surface area contributed by atoms with E-state index >= 15 is 0 Å². The second kappa shape index (κ2) is 5.52. The van der Waals surface area contributed by atoms with Crippen LogP contribution in [-0.4, -0.2) is 28.7 Å². The van der Waals surface area contributed by atoms with Crippen molar-refractivity contribution in [2.75, 3.05) is 18.0 Å². The normalized spacial score (nSPS) is 19.8. The summed E-state index contributed by atoms with van der Waals surface area (Å²) in [5.41, 5.74) is 5.76. The molecule has 5 nitrogen and oxygen atoms in total. The third kappa shape index (κ3) is 2.56. The molecule has 1 aliphatic rings. The Labute approximate surface area is 108 Å². The van der Waals surface area contributed by atoms with Crippen molar-refractivity contribution < 1.29 is 0 Å². The lowest BCUT2D eigenvalue weighted by atomic mass is 10.2. The van der Waals surface area contributed by atoms with E-state index in [1.165, 1.54) is 0 Å². The minimum atomic E-state index is 0.00606. The number of anilines is 1. The van der Waals surface area contributed by atoms with Gasteiger partial charge in [-0.25, -0.2) is 4.98 Å². The quantitative estimate of drug-likeness (QED) is 0.859. The maximum Gasteiger partial charge on any atom is 0.293 e. The Morgan fingerprint density at radius 3 is 3.00 bits per heavy atom. The molecule has 0 amide bonds. The predicted octanol–water partition coefficient (Wildman–Crippen LogP) is 0.827. The number of hydrogen-bond donors (Lipinski definition) is 1. The Hall–Kier alpha value is -1.36. The molecule has 2 rings (SSSR count).